The first-order valence-electron chi connectivity index (χ1n) is 41.2. The molecule has 0 atom stereocenters. The summed E-state index contributed by atoms with van der Waals surface area (Å²) >= 11 is 10.1. The molecule has 1 N–H and O–H groups in total. The van der Waals surface area contributed by atoms with Crippen LogP contribution >= 0.6 is 34.3 Å². The van der Waals surface area contributed by atoms with E-state index in [0.717, 1.165) is 39.0 Å². The summed E-state index contributed by atoms with van der Waals surface area (Å²) in [6.07, 6.45) is 0. The van der Waals surface area contributed by atoms with E-state index in [4.69, 9.17) is 11.6 Å². The van der Waals surface area contributed by atoms with Crippen molar-refractivity contribution in [2.75, 3.05) is 10.2 Å². The first-order chi connectivity index (χ1) is 60.0. The molecule has 121 heavy (non-hydrogen) atoms. The van der Waals surface area contributed by atoms with Gasteiger partial charge in [0.15, 0.2) is 0 Å². The van der Waals surface area contributed by atoms with Crippen molar-refractivity contribution in [1.82, 2.24) is 0 Å². The van der Waals surface area contributed by atoms with Gasteiger partial charge in [-0.25, -0.2) is 0 Å². The molecule has 5 heteroatoms. The normalized spacial score (nSPS) is 11.5. The van der Waals surface area contributed by atoms with Crippen LogP contribution in [-0.4, -0.2) is 0 Å². The van der Waals surface area contributed by atoms with Crippen LogP contribution in [0.3, 0.4) is 0 Å². The number of fused-ring (bicyclic) bond motifs is 18. The Bertz CT molecular complexity index is 8130. The van der Waals surface area contributed by atoms with Crippen molar-refractivity contribution in [3.8, 4) is 66.8 Å². The van der Waals surface area contributed by atoms with E-state index in [-0.39, 0.29) is 0 Å². The maximum atomic E-state index is 6.36. The van der Waals surface area contributed by atoms with Gasteiger partial charge in [-0.05, 0) is 215 Å². The fourth-order valence-electron chi connectivity index (χ4n) is 18.6. The highest BCUT2D eigenvalue weighted by molar-refractivity contribution is 7.26. The Morgan fingerprint density at radius 2 is 0.545 bits per heavy atom. The zero-order valence-corrected chi connectivity index (χ0v) is 68.3. The average Bonchev–Trinajstić information content (AvgIpc) is 1.67. The molecule has 2 heterocycles. The molecule has 568 valence electrons. The van der Waals surface area contributed by atoms with Gasteiger partial charge in [-0.2, -0.15) is 0 Å². The second-order valence-corrected chi connectivity index (χ2v) is 33.5. The highest BCUT2D eigenvalue weighted by atomic mass is 35.5. The van der Waals surface area contributed by atoms with Gasteiger partial charge in [0.2, 0.25) is 0 Å². The molecule has 22 aromatic carbocycles. The summed E-state index contributed by atoms with van der Waals surface area (Å²) in [5, 5.41) is 29.8. The molecule has 0 saturated heterocycles. The molecular weight excluding hydrogens is 1520 g/mol. The lowest BCUT2D eigenvalue weighted by atomic mass is 9.85. The molecule has 2 nitrogen and oxygen atoms in total. The predicted molar refractivity (Wildman–Crippen MR) is 527 cm³/mol. The maximum Gasteiger partial charge on any atom is 0.0546 e. The van der Waals surface area contributed by atoms with Gasteiger partial charge in [-0.15, -0.1) is 22.7 Å². The van der Waals surface area contributed by atoms with Crippen molar-refractivity contribution in [2.45, 2.75) is 0 Å². The van der Waals surface area contributed by atoms with Crippen molar-refractivity contribution in [3.63, 3.8) is 0 Å². The largest absolute Gasteiger partial charge is 0.355 e. The zero-order chi connectivity index (χ0) is 80.3. The van der Waals surface area contributed by atoms with Crippen LogP contribution in [0.2, 0.25) is 5.02 Å². The molecule has 24 rings (SSSR count). The topological polar surface area (TPSA) is 15.3 Å². The highest BCUT2D eigenvalue weighted by Gasteiger charge is 2.24. The molecule has 0 radical (unpaired) electrons. The summed E-state index contributed by atoms with van der Waals surface area (Å²) in [5.41, 5.74) is 20.3. The third-order valence-corrected chi connectivity index (χ3v) is 26.6. The predicted octanol–water partition coefficient (Wildman–Crippen LogP) is 34.9. The van der Waals surface area contributed by atoms with E-state index in [1.165, 1.54) is 188 Å². The second-order valence-electron chi connectivity index (χ2n) is 31.0. The average molecular weight is 1600 g/mol. The van der Waals surface area contributed by atoms with Crippen molar-refractivity contribution in [2.24, 2.45) is 0 Å². The number of halogens is 1. The third kappa shape index (κ3) is 13.2. The zero-order valence-electron chi connectivity index (χ0n) is 65.9. The Kier molecular flexibility index (Phi) is 18.8. The number of benzene rings is 22. The van der Waals surface area contributed by atoms with Gasteiger partial charge < -0.3 is 10.2 Å². The van der Waals surface area contributed by atoms with Gasteiger partial charge in [0, 0.05) is 78.9 Å². The number of rotatable bonds is 11. The van der Waals surface area contributed by atoms with Crippen LogP contribution < -0.4 is 10.2 Å². The van der Waals surface area contributed by atoms with Gasteiger partial charge in [0.25, 0.3) is 0 Å². The van der Waals surface area contributed by atoms with Gasteiger partial charge >= 0.3 is 0 Å². The minimum absolute atomic E-state index is 0.753. The maximum absolute atomic E-state index is 6.36. The molecule has 0 aliphatic rings. The van der Waals surface area contributed by atoms with E-state index >= 15 is 0 Å². The molecule has 2 aromatic heterocycles. The van der Waals surface area contributed by atoms with Crippen molar-refractivity contribution >= 4 is 189 Å². The fourth-order valence-corrected chi connectivity index (χ4v) is 21.2. The lowest BCUT2D eigenvalue weighted by Gasteiger charge is -2.28. The fraction of sp³-hybridized carbons (Fsp3) is 0. The second kappa shape index (κ2) is 31.3. The Morgan fingerprint density at radius 3 is 1.02 bits per heavy atom. The molecule has 0 unspecified atom stereocenters. The molecule has 0 aliphatic carbocycles. The molecule has 0 spiro atoms. The summed E-state index contributed by atoms with van der Waals surface area (Å²) in [5.74, 6) is 0. The van der Waals surface area contributed by atoms with Crippen LogP contribution in [0.4, 0.5) is 28.4 Å². The Labute approximate surface area is 714 Å². The van der Waals surface area contributed by atoms with Gasteiger partial charge in [-0.1, -0.05) is 388 Å². The first-order valence-corrected chi connectivity index (χ1v) is 43.2. The molecule has 0 aliphatic heterocycles. The van der Waals surface area contributed by atoms with Crippen molar-refractivity contribution in [3.05, 3.63) is 454 Å². The number of anilines is 5. The van der Waals surface area contributed by atoms with E-state index < -0.39 is 0 Å². The molecule has 0 amide bonds. The lowest BCUT2D eigenvalue weighted by molar-refractivity contribution is 1.30. The number of nitrogens with one attached hydrogen (secondary N) is 1. The number of hydrogen-bond acceptors (Lipinski definition) is 4. The minimum Gasteiger partial charge on any atom is -0.355 e. The van der Waals surface area contributed by atoms with Crippen molar-refractivity contribution < 1.29 is 0 Å². The summed E-state index contributed by atoms with van der Waals surface area (Å²) < 4.78 is 5.34. The van der Waals surface area contributed by atoms with E-state index in [1.54, 1.807) is 0 Å². The third-order valence-electron chi connectivity index (χ3n) is 24.0. The van der Waals surface area contributed by atoms with Crippen LogP contribution in [-0.2, 0) is 0 Å². The summed E-state index contributed by atoms with van der Waals surface area (Å²) in [4.78, 5) is 2.47. The van der Waals surface area contributed by atoms with Gasteiger partial charge in [0.05, 0.1) is 5.69 Å². The van der Waals surface area contributed by atoms with Crippen LogP contribution in [0, 0.1) is 0 Å². The number of thiophene rings is 2. The van der Waals surface area contributed by atoms with Crippen LogP contribution in [0.1, 0.15) is 0 Å². The van der Waals surface area contributed by atoms with Crippen LogP contribution in [0.15, 0.2) is 449 Å². The Hall–Kier alpha value is -14.8. The van der Waals surface area contributed by atoms with E-state index in [9.17, 15) is 0 Å². The van der Waals surface area contributed by atoms with Gasteiger partial charge in [0.1, 0.15) is 0 Å². The first kappa shape index (κ1) is 72.7. The Balaban J connectivity index is 0.000000121. The molecule has 0 saturated carbocycles. The molecule has 0 fully saturated rings. The highest BCUT2D eigenvalue weighted by Crippen LogP contribution is 2.51. The number of nitrogens with zero attached hydrogens (tertiary/aromatic N) is 1. The summed E-state index contributed by atoms with van der Waals surface area (Å²) in [6.45, 7) is 0. The molecular formula is C116H75ClN2S2. The standard InChI is InChI=1S/C58H37NS.C32H21NS.C26H17Cl/c1-2-16-39(17-3-1)56-51-27-10-7-23-47(51)48-24-8-11-28-52(48)57(56)41-19-14-20-43(36-41)59(54-37-40-18-4-5-21-44(40)46-22-6-9-25-49(46)54)42-34-32-38(33-35-42)45-29-15-30-53-50-26-12-13-31-55(50)60-58(45)53;1-2-9-24-22(8-1)20-30(27-11-4-3-10-26(24)27)33-23-18-16-21(17-19-23)25-13-7-14-29-28-12-5-6-15-31(28)34-32(25)29;27-20-12-8-11-19(17-20)26-24-16-7-5-14-22(24)21-13-4-6-15-23(21)25(26)18-9-2-1-3-10-18/h1-37H;1-20,33H;1-17H. The molecule has 24 aromatic rings. The van der Waals surface area contributed by atoms with E-state index in [1.807, 2.05) is 34.8 Å². The lowest BCUT2D eigenvalue weighted by Crippen LogP contribution is -2.11. The van der Waals surface area contributed by atoms with Gasteiger partial charge in [-0.3, -0.25) is 0 Å². The molecule has 0 bridgehead atoms. The van der Waals surface area contributed by atoms with Crippen LogP contribution in [0.5, 0.6) is 0 Å². The summed E-state index contributed by atoms with van der Waals surface area (Å²) in [7, 11) is 0. The number of hydrogen-bond donors (Lipinski definition) is 1. The monoisotopic (exact) mass is 1590 g/mol. The minimum atomic E-state index is 0.753. The van der Waals surface area contributed by atoms with E-state index in [0.29, 0.717) is 0 Å². The van der Waals surface area contributed by atoms with Crippen molar-refractivity contribution in [1.29, 1.82) is 0 Å². The Morgan fingerprint density at radius 1 is 0.207 bits per heavy atom. The van der Waals surface area contributed by atoms with Crippen LogP contribution in [0.25, 0.3) is 193 Å². The summed E-state index contributed by atoms with van der Waals surface area (Å²) in [6, 6.07) is 162. The quantitative estimate of drug-likeness (QED) is 0.130. The van der Waals surface area contributed by atoms with E-state index in [2.05, 4.69) is 447 Å². The smallest absolute Gasteiger partial charge is 0.0546 e. The SMILES string of the molecule is Clc1cccc(-c2c(-c3ccccc3)c3ccccc3c3ccccc23)c1.c1ccc(-c2c(-c3cccc(N(c4ccc(-c5cccc6c5sc5ccccc56)cc4)c4cc5ccccc5c5ccccc45)c3)c3ccccc3c3ccccc23)cc1.c1ccc2c(c1)cc(Nc1ccc(-c3cccc4c3sc3ccccc34)cc1)c1ccccc12.